The van der Waals surface area contributed by atoms with Crippen molar-refractivity contribution in [3.8, 4) is 0 Å². The average Bonchev–Trinajstić information content (AvgIpc) is 2.65. The Hall–Kier alpha value is -1.59. The number of rotatable bonds is 1. The molecule has 0 atom stereocenters. The van der Waals surface area contributed by atoms with E-state index in [2.05, 4.69) is 10.2 Å². The summed E-state index contributed by atoms with van der Waals surface area (Å²) in [7, 11) is 0. The summed E-state index contributed by atoms with van der Waals surface area (Å²) in [5.74, 6) is 0.690. The third-order valence-electron chi connectivity index (χ3n) is 2.51. The summed E-state index contributed by atoms with van der Waals surface area (Å²) in [5, 5.41) is 7.72. The molecule has 1 aliphatic rings. The fraction of sp³-hybridized carbons (Fsp3) is 0.667. The standard InChI is InChI=1S/C9H14N4O2/c1-7-10-11-9(15-7)13-5-3-12(4-6-13)8(2)14/h3-6H2,1-2H3. The van der Waals surface area contributed by atoms with Gasteiger partial charge in [0.15, 0.2) is 0 Å². The second-order valence-corrected chi connectivity index (χ2v) is 3.60. The summed E-state index contributed by atoms with van der Waals surface area (Å²) in [5.41, 5.74) is 0. The highest BCUT2D eigenvalue weighted by Crippen LogP contribution is 2.13. The smallest absolute Gasteiger partial charge is 0.318 e. The van der Waals surface area contributed by atoms with Gasteiger partial charge in [-0.1, -0.05) is 5.10 Å². The van der Waals surface area contributed by atoms with Crippen molar-refractivity contribution in [2.24, 2.45) is 0 Å². The molecule has 6 heteroatoms. The zero-order valence-electron chi connectivity index (χ0n) is 8.93. The summed E-state index contributed by atoms with van der Waals surface area (Å²) in [6.07, 6.45) is 0. The van der Waals surface area contributed by atoms with Crippen LogP contribution in [0.4, 0.5) is 6.01 Å². The van der Waals surface area contributed by atoms with E-state index in [-0.39, 0.29) is 5.91 Å². The molecule has 0 saturated carbocycles. The lowest BCUT2D eigenvalue weighted by Crippen LogP contribution is -2.48. The Bertz CT molecular complexity index is 355. The van der Waals surface area contributed by atoms with E-state index in [0.29, 0.717) is 11.9 Å². The van der Waals surface area contributed by atoms with E-state index < -0.39 is 0 Å². The van der Waals surface area contributed by atoms with Crippen LogP contribution in [0.15, 0.2) is 4.42 Å². The number of aryl methyl sites for hydroxylation is 1. The van der Waals surface area contributed by atoms with Crippen molar-refractivity contribution in [1.82, 2.24) is 15.1 Å². The molecule has 1 aromatic heterocycles. The fourth-order valence-electron chi connectivity index (χ4n) is 1.63. The van der Waals surface area contributed by atoms with Crippen LogP contribution in [0.3, 0.4) is 0 Å². The van der Waals surface area contributed by atoms with Gasteiger partial charge in [0.05, 0.1) is 0 Å². The van der Waals surface area contributed by atoms with E-state index in [1.165, 1.54) is 0 Å². The highest BCUT2D eigenvalue weighted by Gasteiger charge is 2.21. The second kappa shape index (κ2) is 3.88. The second-order valence-electron chi connectivity index (χ2n) is 3.60. The van der Waals surface area contributed by atoms with E-state index >= 15 is 0 Å². The van der Waals surface area contributed by atoms with Gasteiger partial charge in [0.2, 0.25) is 11.8 Å². The molecule has 15 heavy (non-hydrogen) atoms. The molecule has 0 unspecified atom stereocenters. The molecule has 0 radical (unpaired) electrons. The SMILES string of the molecule is CC(=O)N1CCN(c2nnc(C)o2)CC1. The quantitative estimate of drug-likeness (QED) is 0.655. The first kappa shape index (κ1) is 9.95. The monoisotopic (exact) mass is 210 g/mol. The lowest BCUT2D eigenvalue weighted by molar-refractivity contribution is -0.129. The fourth-order valence-corrected chi connectivity index (χ4v) is 1.63. The van der Waals surface area contributed by atoms with Crippen LogP contribution in [-0.4, -0.2) is 47.2 Å². The summed E-state index contributed by atoms with van der Waals surface area (Å²) in [6, 6.07) is 0.552. The molecule has 0 bridgehead atoms. The van der Waals surface area contributed by atoms with E-state index in [4.69, 9.17) is 4.42 Å². The zero-order chi connectivity index (χ0) is 10.8. The number of aromatic nitrogens is 2. The van der Waals surface area contributed by atoms with Gasteiger partial charge in [0, 0.05) is 40.0 Å². The molecular weight excluding hydrogens is 196 g/mol. The molecule has 1 amide bonds. The molecule has 2 heterocycles. The number of anilines is 1. The Morgan fingerprint density at radius 2 is 1.93 bits per heavy atom. The van der Waals surface area contributed by atoms with Crippen molar-refractivity contribution in [3.63, 3.8) is 0 Å². The minimum Gasteiger partial charge on any atom is -0.408 e. The Balaban J connectivity index is 1.96. The molecule has 1 aromatic rings. The third kappa shape index (κ3) is 2.08. The van der Waals surface area contributed by atoms with Gasteiger partial charge in [-0.25, -0.2) is 0 Å². The average molecular weight is 210 g/mol. The van der Waals surface area contributed by atoms with Crippen LogP contribution in [-0.2, 0) is 4.79 Å². The number of amides is 1. The number of hydrogen-bond donors (Lipinski definition) is 0. The van der Waals surface area contributed by atoms with Gasteiger partial charge in [-0.3, -0.25) is 4.79 Å². The van der Waals surface area contributed by atoms with Crippen LogP contribution < -0.4 is 4.90 Å². The first-order valence-electron chi connectivity index (χ1n) is 4.97. The van der Waals surface area contributed by atoms with Gasteiger partial charge in [-0.05, 0) is 0 Å². The summed E-state index contributed by atoms with van der Waals surface area (Å²) in [4.78, 5) is 14.9. The van der Waals surface area contributed by atoms with Gasteiger partial charge in [-0.2, -0.15) is 0 Å². The Morgan fingerprint density at radius 3 is 2.40 bits per heavy atom. The number of piperazine rings is 1. The first-order valence-corrected chi connectivity index (χ1v) is 4.97. The van der Waals surface area contributed by atoms with E-state index in [0.717, 1.165) is 26.2 Å². The summed E-state index contributed by atoms with van der Waals surface area (Å²) in [6.45, 7) is 6.30. The summed E-state index contributed by atoms with van der Waals surface area (Å²) < 4.78 is 5.32. The van der Waals surface area contributed by atoms with Crippen molar-refractivity contribution in [2.45, 2.75) is 13.8 Å². The zero-order valence-corrected chi connectivity index (χ0v) is 8.93. The van der Waals surface area contributed by atoms with E-state index in [1.54, 1.807) is 13.8 Å². The number of hydrogen-bond acceptors (Lipinski definition) is 5. The van der Waals surface area contributed by atoms with Crippen molar-refractivity contribution in [2.75, 3.05) is 31.1 Å². The molecule has 2 rings (SSSR count). The largest absolute Gasteiger partial charge is 0.408 e. The van der Waals surface area contributed by atoms with Gasteiger partial charge >= 0.3 is 6.01 Å². The molecule has 82 valence electrons. The maximum Gasteiger partial charge on any atom is 0.318 e. The molecule has 1 aliphatic heterocycles. The summed E-state index contributed by atoms with van der Waals surface area (Å²) >= 11 is 0. The Morgan fingerprint density at radius 1 is 1.27 bits per heavy atom. The van der Waals surface area contributed by atoms with Crippen LogP contribution in [0.1, 0.15) is 12.8 Å². The molecule has 1 saturated heterocycles. The van der Waals surface area contributed by atoms with E-state index in [1.807, 2.05) is 9.80 Å². The van der Waals surface area contributed by atoms with Crippen molar-refractivity contribution in [1.29, 1.82) is 0 Å². The van der Waals surface area contributed by atoms with Crippen molar-refractivity contribution in [3.05, 3.63) is 5.89 Å². The molecule has 0 aliphatic carbocycles. The lowest BCUT2D eigenvalue weighted by atomic mass is 10.3. The Kier molecular flexibility index (Phi) is 2.57. The van der Waals surface area contributed by atoms with Crippen molar-refractivity contribution >= 4 is 11.9 Å². The van der Waals surface area contributed by atoms with E-state index in [9.17, 15) is 4.79 Å². The van der Waals surface area contributed by atoms with Gasteiger partial charge < -0.3 is 14.2 Å². The molecule has 0 spiro atoms. The van der Waals surface area contributed by atoms with Gasteiger partial charge in [0.25, 0.3) is 0 Å². The molecule has 0 N–H and O–H groups in total. The van der Waals surface area contributed by atoms with Gasteiger partial charge in [0.1, 0.15) is 0 Å². The Labute approximate surface area is 87.9 Å². The normalized spacial score (nSPS) is 16.9. The maximum atomic E-state index is 11.1. The van der Waals surface area contributed by atoms with Crippen molar-refractivity contribution < 1.29 is 9.21 Å². The minimum atomic E-state index is 0.122. The van der Waals surface area contributed by atoms with Gasteiger partial charge in [-0.15, -0.1) is 5.10 Å². The lowest BCUT2D eigenvalue weighted by Gasteiger charge is -2.32. The minimum absolute atomic E-state index is 0.122. The van der Waals surface area contributed by atoms with Crippen LogP contribution >= 0.6 is 0 Å². The number of carbonyl (C=O) groups excluding carboxylic acids is 1. The van der Waals surface area contributed by atoms with Crippen LogP contribution in [0.5, 0.6) is 0 Å². The highest BCUT2D eigenvalue weighted by molar-refractivity contribution is 5.73. The molecule has 6 nitrogen and oxygen atoms in total. The van der Waals surface area contributed by atoms with Crippen LogP contribution in [0.25, 0.3) is 0 Å². The maximum absolute atomic E-state index is 11.1. The molecular formula is C9H14N4O2. The van der Waals surface area contributed by atoms with Crippen LogP contribution in [0, 0.1) is 6.92 Å². The highest BCUT2D eigenvalue weighted by atomic mass is 16.4. The number of carbonyl (C=O) groups is 1. The third-order valence-corrected chi connectivity index (χ3v) is 2.51. The topological polar surface area (TPSA) is 62.5 Å². The van der Waals surface area contributed by atoms with Crippen LogP contribution in [0.2, 0.25) is 0 Å². The predicted molar refractivity (Wildman–Crippen MR) is 53.5 cm³/mol. The first-order chi connectivity index (χ1) is 7.16. The molecule has 0 aromatic carbocycles. The molecule has 1 fully saturated rings. The predicted octanol–water partition coefficient (Wildman–Crippen LogP) is 0.0465. The number of nitrogens with zero attached hydrogens (tertiary/aromatic N) is 4.